The molecular formula is C29H35FN6O5S. The van der Waals surface area contributed by atoms with Crippen LogP contribution in [0.5, 0.6) is 0 Å². The van der Waals surface area contributed by atoms with Crippen LogP contribution in [0, 0.1) is 5.82 Å². The van der Waals surface area contributed by atoms with Gasteiger partial charge < -0.3 is 19.7 Å². The number of carbonyl (C=O) groups is 3. The highest BCUT2D eigenvalue weighted by Crippen LogP contribution is 2.29. The minimum Gasteiger partial charge on any atom is -0.444 e. The number of amides is 3. The van der Waals surface area contributed by atoms with E-state index in [1.165, 1.54) is 17.9 Å². The van der Waals surface area contributed by atoms with Crippen molar-refractivity contribution >= 4 is 35.5 Å². The number of rotatable bonds is 11. The van der Waals surface area contributed by atoms with Crippen molar-refractivity contribution in [1.82, 2.24) is 25.6 Å². The third-order valence-electron chi connectivity index (χ3n) is 6.22. The molecule has 1 saturated heterocycles. The molecule has 2 N–H and O–H groups in total. The van der Waals surface area contributed by atoms with Gasteiger partial charge in [-0.3, -0.25) is 9.69 Å². The van der Waals surface area contributed by atoms with Crippen LogP contribution in [0.1, 0.15) is 39.7 Å². The number of aromatic amines is 1. The van der Waals surface area contributed by atoms with Gasteiger partial charge in [-0.15, -0.1) is 16.9 Å². The number of benzene rings is 2. The van der Waals surface area contributed by atoms with Crippen molar-refractivity contribution in [2.24, 2.45) is 0 Å². The zero-order valence-electron chi connectivity index (χ0n) is 24.1. The Morgan fingerprint density at radius 2 is 2.00 bits per heavy atom. The zero-order chi connectivity index (χ0) is 30.3. The fourth-order valence-electron chi connectivity index (χ4n) is 4.27. The Balaban J connectivity index is 1.40. The number of halogens is 1. The molecule has 42 heavy (non-hydrogen) atoms. The minimum absolute atomic E-state index is 0.192. The van der Waals surface area contributed by atoms with Gasteiger partial charge in [0.1, 0.15) is 22.5 Å². The van der Waals surface area contributed by atoms with Crippen LogP contribution in [-0.2, 0) is 20.8 Å². The summed E-state index contributed by atoms with van der Waals surface area (Å²) in [5.41, 5.74) is 1.65. The number of hydrogen-bond donors (Lipinski definition) is 2. The van der Waals surface area contributed by atoms with E-state index >= 15 is 4.39 Å². The summed E-state index contributed by atoms with van der Waals surface area (Å²) in [4.78, 5) is 39.4. The van der Waals surface area contributed by atoms with E-state index in [1.54, 1.807) is 47.1 Å². The Kier molecular flexibility index (Phi) is 10.0. The van der Waals surface area contributed by atoms with E-state index in [9.17, 15) is 14.4 Å². The van der Waals surface area contributed by atoms with Gasteiger partial charge in [-0.25, -0.2) is 14.0 Å². The molecule has 1 atom stereocenters. The normalized spacial score (nSPS) is 14.9. The van der Waals surface area contributed by atoms with Crippen molar-refractivity contribution in [1.29, 1.82) is 0 Å². The Morgan fingerprint density at radius 1 is 1.24 bits per heavy atom. The molecule has 0 saturated carbocycles. The second-order valence-electron chi connectivity index (χ2n) is 10.8. The molecule has 1 fully saturated rings. The second-order valence-corrected chi connectivity index (χ2v) is 11.9. The maximum atomic E-state index is 15.2. The van der Waals surface area contributed by atoms with E-state index < -0.39 is 29.7 Å². The molecule has 3 aromatic rings. The number of nitrogens with one attached hydrogen (secondary N) is 2. The van der Waals surface area contributed by atoms with Gasteiger partial charge >= 0.3 is 12.2 Å². The molecule has 2 aromatic carbocycles. The molecule has 1 aromatic heterocycles. The molecule has 0 spiro atoms. The van der Waals surface area contributed by atoms with Crippen molar-refractivity contribution < 1.29 is 28.2 Å². The van der Waals surface area contributed by atoms with Gasteiger partial charge in [0.05, 0.1) is 25.0 Å². The molecule has 4 rings (SSSR count). The summed E-state index contributed by atoms with van der Waals surface area (Å²) >= 11 is 1.55. The summed E-state index contributed by atoms with van der Waals surface area (Å²) in [5.74, 6) is 0.0469. The molecule has 0 bridgehead atoms. The largest absolute Gasteiger partial charge is 0.444 e. The summed E-state index contributed by atoms with van der Waals surface area (Å²) in [7, 11) is 0. The van der Waals surface area contributed by atoms with Crippen LogP contribution in [0.25, 0.3) is 11.1 Å². The molecule has 0 radical (unpaired) electrons. The molecule has 224 valence electrons. The van der Waals surface area contributed by atoms with Gasteiger partial charge in [0.15, 0.2) is 0 Å². The average Bonchev–Trinajstić information content (AvgIpc) is 3.58. The number of thioether (sulfide) groups is 1. The lowest BCUT2D eigenvalue weighted by atomic mass is 10.0. The number of anilines is 1. The monoisotopic (exact) mass is 598 g/mol. The van der Waals surface area contributed by atoms with Gasteiger partial charge in [-0.2, -0.15) is 10.3 Å². The number of carbonyl (C=O) groups excluding carboxylic acids is 3. The molecule has 0 aliphatic carbocycles. The van der Waals surface area contributed by atoms with E-state index in [-0.39, 0.29) is 19.0 Å². The summed E-state index contributed by atoms with van der Waals surface area (Å²) in [6, 6.07) is 11.9. The quantitative estimate of drug-likeness (QED) is 0.233. The predicted octanol–water partition coefficient (Wildman–Crippen LogP) is 4.99. The lowest BCUT2D eigenvalue weighted by molar-refractivity contribution is -0.119. The SMILES string of the molecule is CC(=O)NCC1CN(c2ccc(-c3ccc(CN(CCCSc4cn[nH]n4)C(=O)OC(C)(C)C)cc3)c(F)c2)C(=O)O1. The molecule has 3 amide bonds. The summed E-state index contributed by atoms with van der Waals surface area (Å²) in [6.07, 6.45) is 0.877. The number of hydrogen-bond acceptors (Lipinski definition) is 8. The van der Waals surface area contributed by atoms with E-state index in [0.717, 1.165) is 22.8 Å². The Morgan fingerprint density at radius 3 is 2.64 bits per heavy atom. The van der Waals surface area contributed by atoms with Gasteiger partial charge in [0, 0.05) is 31.3 Å². The molecule has 2 heterocycles. The number of nitrogens with zero attached hydrogens (tertiary/aromatic N) is 4. The van der Waals surface area contributed by atoms with Crippen LogP contribution in [0.2, 0.25) is 0 Å². The maximum Gasteiger partial charge on any atom is 0.414 e. The van der Waals surface area contributed by atoms with E-state index in [1.807, 2.05) is 32.9 Å². The third-order valence-corrected chi connectivity index (χ3v) is 7.21. The number of H-pyrrole nitrogens is 1. The van der Waals surface area contributed by atoms with Gasteiger partial charge in [-0.1, -0.05) is 24.3 Å². The first-order chi connectivity index (χ1) is 20.0. The fraction of sp³-hybridized carbons (Fsp3) is 0.414. The highest BCUT2D eigenvalue weighted by atomic mass is 32.2. The zero-order valence-corrected chi connectivity index (χ0v) is 24.9. The molecule has 13 heteroatoms. The Bertz CT molecular complexity index is 1380. The molecule has 11 nitrogen and oxygen atoms in total. The van der Waals surface area contributed by atoms with Crippen LogP contribution < -0.4 is 10.2 Å². The molecule has 1 unspecified atom stereocenters. The van der Waals surface area contributed by atoms with E-state index in [2.05, 4.69) is 20.7 Å². The molecular weight excluding hydrogens is 563 g/mol. The van der Waals surface area contributed by atoms with Crippen LogP contribution in [0.15, 0.2) is 53.7 Å². The van der Waals surface area contributed by atoms with Crippen molar-refractivity contribution in [3.05, 3.63) is 60.0 Å². The minimum atomic E-state index is -0.628. The van der Waals surface area contributed by atoms with Gasteiger partial charge in [-0.05, 0) is 56.5 Å². The maximum absolute atomic E-state index is 15.2. The second kappa shape index (κ2) is 13.7. The van der Waals surface area contributed by atoms with Gasteiger partial charge in [0.2, 0.25) is 5.91 Å². The summed E-state index contributed by atoms with van der Waals surface area (Å²) in [5, 5.41) is 13.8. The average molecular weight is 599 g/mol. The Hall–Kier alpha value is -4.13. The van der Waals surface area contributed by atoms with E-state index in [0.29, 0.717) is 29.9 Å². The van der Waals surface area contributed by atoms with Crippen LogP contribution in [0.3, 0.4) is 0 Å². The van der Waals surface area contributed by atoms with Crippen LogP contribution in [-0.4, -0.2) is 75.5 Å². The highest BCUT2D eigenvalue weighted by Gasteiger charge is 2.32. The summed E-state index contributed by atoms with van der Waals surface area (Å²) < 4.78 is 26.1. The third kappa shape index (κ3) is 8.68. The van der Waals surface area contributed by atoms with Crippen molar-refractivity contribution in [2.75, 3.05) is 30.3 Å². The summed E-state index contributed by atoms with van der Waals surface area (Å²) in [6.45, 7) is 8.09. The van der Waals surface area contributed by atoms with Crippen molar-refractivity contribution in [2.45, 2.75) is 57.4 Å². The molecule has 1 aliphatic rings. The first-order valence-corrected chi connectivity index (χ1v) is 14.5. The first kappa shape index (κ1) is 30.8. The van der Waals surface area contributed by atoms with Crippen LogP contribution in [0.4, 0.5) is 19.7 Å². The number of aromatic nitrogens is 3. The number of cyclic esters (lactones) is 1. The fourth-order valence-corrected chi connectivity index (χ4v) is 4.98. The van der Waals surface area contributed by atoms with Crippen LogP contribution >= 0.6 is 11.8 Å². The molecule has 1 aliphatic heterocycles. The predicted molar refractivity (Wildman–Crippen MR) is 157 cm³/mol. The smallest absolute Gasteiger partial charge is 0.414 e. The first-order valence-electron chi connectivity index (χ1n) is 13.6. The highest BCUT2D eigenvalue weighted by molar-refractivity contribution is 7.99. The lowest BCUT2D eigenvalue weighted by Crippen LogP contribution is -2.37. The van der Waals surface area contributed by atoms with Crippen molar-refractivity contribution in [3.8, 4) is 11.1 Å². The number of ether oxygens (including phenoxy) is 2. The van der Waals surface area contributed by atoms with Crippen molar-refractivity contribution in [3.63, 3.8) is 0 Å². The van der Waals surface area contributed by atoms with Gasteiger partial charge in [0.25, 0.3) is 0 Å². The van der Waals surface area contributed by atoms with E-state index in [4.69, 9.17) is 9.47 Å². The topological polar surface area (TPSA) is 130 Å². The standard InChI is InChI=1S/C29H35FN6O5S/c1-19(37)31-15-23-18-36(28(39)40-23)22-10-11-24(25(30)14-22)21-8-6-20(7-9-21)17-35(27(38)41-29(2,3)4)12-5-13-42-26-16-32-34-33-26/h6-11,14,16,23H,5,12-13,15,17-18H2,1-4H3,(H,31,37)(H,32,33,34). The lowest BCUT2D eigenvalue weighted by Gasteiger charge is -2.27. The Labute approximate surface area is 248 Å².